The van der Waals surface area contributed by atoms with Gasteiger partial charge in [-0.2, -0.15) is 5.10 Å². The Balaban J connectivity index is 1.99. The molecule has 0 aliphatic carbocycles. The molecule has 0 saturated carbocycles. The Morgan fingerprint density at radius 3 is 3.00 bits per heavy atom. The fourth-order valence-electron chi connectivity index (χ4n) is 2.16. The minimum atomic E-state index is 0.0826. The summed E-state index contributed by atoms with van der Waals surface area (Å²) in [5.74, 6) is 0.977. The summed E-state index contributed by atoms with van der Waals surface area (Å²) in [6.45, 7) is 2.60. The van der Waals surface area contributed by atoms with Crippen molar-refractivity contribution in [2.45, 2.75) is 45.2 Å². The van der Waals surface area contributed by atoms with Crippen molar-refractivity contribution in [3.8, 4) is 0 Å². The molecule has 1 N–H and O–H groups in total. The predicted octanol–water partition coefficient (Wildman–Crippen LogP) is 0.381. The Bertz CT molecular complexity index is 393. The van der Waals surface area contributed by atoms with Crippen LogP contribution in [0.15, 0.2) is 4.79 Å². The first kappa shape index (κ1) is 11.4. The molecule has 5 nitrogen and oxygen atoms in total. The van der Waals surface area contributed by atoms with Crippen LogP contribution >= 0.6 is 0 Å². The van der Waals surface area contributed by atoms with Crippen molar-refractivity contribution in [1.29, 1.82) is 0 Å². The van der Waals surface area contributed by atoms with E-state index >= 15 is 0 Å². The second-order valence-electron chi connectivity index (χ2n) is 4.34. The van der Waals surface area contributed by atoms with E-state index in [-0.39, 0.29) is 5.69 Å². The van der Waals surface area contributed by atoms with E-state index in [2.05, 4.69) is 10.4 Å². The summed E-state index contributed by atoms with van der Waals surface area (Å²) in [7, 11) is 1.95. The van der Waals surface area contributed by atoms with Crippen LogP contribution in [-0.2, 0) is 19.5 Å². The lowest BCUT2D eigenvalue weighted by Gasteiger charge is -2.09. The molecule has 2 heterocycles. The molecule has 0 amide bonds. The first-order chi connectivity index (χ1) is 7.83. The molecule has 90 valence electrons. The Labute approximate surface area is 95.5 Å². The van der Waals surface area contributed by atoms with E-state index in [0.29, 0.717) is 0 Å². The zero-order valence-corrected chi connectivity index (χ0v) is 9.91. The molecular weight excluding hydrogens is 204 g/mol. The first-order valence-electron chi connectivity index (χ1n) is 6.14. The number of unbranched alkanes of at least 4 members (excludes halogenated alkanes) is 1. The Morgan fingerprint density at radius 1 is 1.38 bits per heavy atom. The van der Waals surface area contributed by atoms with Crippen molar-refractivity contribution < 1.29 is 0 Å². The number of hydrogen-bond donors (Lipinski definition) is 1. The molecule has 0 spiro atoms. The third kappa shape index (κ3) is 2.35. The number of aromatic nitrogens is 3. The number of nitrogens with zero attached hydrogens (tertiary/aromatic N) is 3. The monoisotopic (exact) mass is 224 g/mol. The van der Waals surface area contributed by atoms with Crippen LogP contribution in [0.25, 0.3) is 0 Å². The van der Waals surface area contributed by atoms with Gasteiger partial charge in [0.1, 0.15) is 5.82 Å². The molecule has 0 bridgehead atoms. The molecule has 0 saturated heterocycles. The van der Waals surface area contributed by atoms with Crippen LogP contribution in [0.3, 0.4) is 0 Å². The van der Waals surface area contributed by atoms with Gasteiger partial charge in [-0.1, -0.05) is 0 Å². The number of fused-ring (bicyclic) bond motifs is 1. The smallest absolute Gasteiger partial charge is 0.320 e. The van der Waals surface area contributed by atoms with Crippen LogP contribution in [0.5, 0.6) is 0 Å². The maximum atomic E-state index is 11.9. The highest BCUT2D eigenvalue weighted by atomic mass is 16.2. The molecule has 5 heteroatoms. The molecule has 1 aromatic heterocycles. The molecule has 16 heavy (non-hydrogen) atoms. The van der Waals surface area contributed by atoms with E-state index < -0.39 is 0 Å². The van der Waals surface area contributed by atoms with E-state index in [1.807, 2.05) is 11.6 Å². The van der Waals surface area contributed by atoms with Gasteiger partial charge in [-0.05, 0) is 39.3 Å². The van der Waals surface area contributed by atoms with Crippen molar-refractivity contribution >= 4 is 0 Å². The lowest BCUT2D eigenvalue weighted by atomic mass is 10.2. The standard InChI is InChI=1S/C11H20N4O/c1-12-7-3-5-9-15-11(16)14-8-4-2-6-10(14)13-15/h12H,2-9H2,1H3. The van der Waals surface area contributed by atoms with Crippen molar-refractivity contribution in [3.05, 3.63) is 16.3 Å². The summed E-state index contributed by atoms with van der Waals surface area (Å²) in [5, 5.41) is 7.50. The quantitative estimate of drug-likeness (QED) is 0.736. The van der Waals surface area contributed by atoms with Crippen molar-refractivity contribution in [3.63, 3.8) is 0 Å². The van der Waals surface area contributed by atoms with Gasteiger partial charge in [0.15, 0.2) is 0 Å². The summed E-state index contributed by atoms with van der Waals surface area (Å²) in [5.41, 5.74) is 0.0826. The van der Waals surface area contributed by atoms with Crippen LogP contribution in [-0.4, -0.2) is 27.9 Å². The number of aryl methyl sites for hydroxylation is 2. The maximum absolute atomic E-state index is 11.9. The molecule has 2 rings (SSSR count). The summed E-state index contributed by atoms with van der Waals surface area (Å²) in [6, 6.07) is 0. The van der Waals surface area contributed by atoms with Crippen molar-refractivity contribution in [2.24, 2.45) is 0 Å². The zero-order valence-electron chi connectivity index (χ0n) is 9.91. The fourth-order valence-corrected chi connectivity index (χ4v) is 2.16. The summed E-state index contributed by atoms with van der Waals surface area (Å²) in [4.78, 5) is 11.9. The second kappa shape index (κ2) is 5.30. The Kier molecular flexibility index (Phi) is 3.77. The normalized spacial score (nSPS) is 15.1. The molecule has 1 aliphatic rings. The molecule has 0 radical (unpaired) electrons. The number of rotatable bonds is 5. The number of hydrogen-bond acceptors (Lipinski definition) is 3. The highest BCUT2D eigenvalue weighted by Gasteiger charge is 2.15. The largest absolute Gasteiger partial charge is 0.345 e. The van der Waals surface area contributed by atoms with E-state index in [4.69, 9.17) is 0 Å². The lowest BCUT2D eigenvalue weighted by molar-refractivity contribution is 0.506. The summed E-state index contributed by atoms with van der Waals surface area (Å²) in [6.07, 6.45) is 5.33. The molecule has 0 aromatic carbocycles. The van der Waals surface area contributed by atoms with E-state index in [1.54, 1.807) is 4.68 Å². The molecular formula is C11H20N4O. The highest BCUT2D eigenvalue weighted by Crippen LogP contribution is 2.09. The van der Waals surface area contributed by atoms with Gasteiger partial charge in [0, 0.05) is 19.5 Å². The van der Waals surface area contributed by atoms with Crippen molar-refractivity contribution in [1.82, 2.24) is 19.7 Å². The minimum absolute atomic E-state index is 0.0826. The third-order valence-electron chi connectivity index (χ3n) is 3.08. The van der Waals surface area contributed by atoms with E-state index in [0.717, 1.165) is 57.6 Å². The minimum Gasteiger partial charge on any atom is -0.320 e. The molecule has 0 unspecified atom stereocenters. The van der Waals surface area contributed by atoms with Gasteiger partial charge in [0.05, 0.1) is 0 Å². The van der Waals surface area contributed by atoms with Gasteiger partial charge in [0.2, 0.25) is 0 Å². The molecule has 0 fully saturated rings. The SMILES string of the molecule is CNCCCCn1nc2n(c1=O)CCCC2. The lowest BCUT2D eigenvalue weighted by Crippen LogP contribution is -2.27. The summed E-state index contributed by atoms with van der Waals surface area (Å²) >= 11 is 0. The predicted molar refractivity (Wildman–Crippen MR) is 62.6 cm³/mol. The van der Waals surface area contributed by atoms with Gasteiger partial charge in [0.25, 0.3) is 0 Å². The molecule has 1 aromatic rings. The highest BCUT2D eigenvalue weighted by molar-refractivity contribution is 4.91. The number of nitrogens with one attached hydrogen (secondary N) is 1. The van der Waals surface area contributed by atoms with Crippen LogP contribution in [0.1, 0.15) is 31.5 Å². The van der Waals surface area contributed by atoms with Crippen LogP contribution < -0.4 is 11.0 Å². The average molecular weight is 224 g/mol. The second-order valence-corrected chi connectivity index (χ2v) is 4.34. The van der Waals surface area contributed by atoms with Gasteiger partial charge in [-0.15, -0.1) is 0 Å². The van der Waals surface area contributed by atoms with Gasteiger partial charge in [-0.3, -0.25) is 4.57 Å². The average Bonchev–Trinajstić information content (AvgIpc) is 2.63. The third-order valence-corrected chi connectivity index (χ3v) is 3.08. The maximum Gasteiger partial charge on any atom is 0.345 e. The van der Waals surface area contributed by atoms with Gasteiger partial charge in [-0.25, -0.2) is 9.48 Å². The van der Waals surface area contributed by atoms with Crippen LogP contribution in [0.2, 0.25) is 0 Å². The molecule has 1 aliphatic heterocycles. The Morgan fingerprint density at radius 2 is 2.25 bits per heavy atom. The first-order valence-corrected chi connectivity index (χ1v) is 6.14. The van der Waals surface area contributed by atoms with Gasteiger partial charge < -0.3 is 5.32 Å². The van der Waals surface area contributed by atoms with E-state index in [9.17, 15) is 4.79 Å². The van der Waals surface area contributed by atoms with Crippen LogP contribution in [0.4, 0.5) is 0 Å². The van der Waals surface area contributed by atoms with Crippen LogP contribution in [0, 0.1) is 0 Å². The van der Waals surface area contributed by atoms with Gasteiger partial charge >= 0.3 is 5.69 Å². The van der Waals surface area contributed by atoms with E-state index in [1.165, 1.54) is 0 Å². The zero-order chi connectivity index (χ0) is 11.4. The fraction of sp³-hybridized carbons (Fsp3) is 0.818. The van der Waals surface area contributed by atoms with Crippen molar-refractivity contribution in [2.75, 3.05) is 13.6 Å². The Hall–Kier alpha value is -1.10. The summed E-state index contributed by atoms with van der Waals surface area (Å²) < 4.78 is 3.47. The topological polar surface area (TPSA) is 51.9 Å². The molecule has 0 atom stereocenters.